The molecule has 0 saturated carbocycles. The Morgan fingerprint density at radius 2 is 2.21 bits per heavy atom. The minimum atomic E-state index is -4.54. The lowest BCUT2D eigenvalue weighted by Gasteiger charge is -2.14. The van der Waals surface area contributed by atoms with Crippen molar-refractivity contribution in [2.24, 2.45) is 0 Å². The van der Waals surface area contributed by atoms with Gasteiger partial charge in [0.25, 0.3) is 0 Å². The predicted molar refractivity (Wildman–Crippen MR) is 48.1 cm³/mol. The minimum absolute atomic E-state index is 0.344. The third-order valence-electron chi connectivity index (χ3n) is 1.62. The van der Waals surface area contributed by atoms with Gasteiger partial charge >= 0.3 is 6.18 Å². The zero-order valence-electron chi connectivity index (χ0n) is 7.21. The molecular weight excluding hydrogens is 215 g/mol. The Morgan fingerprint density at radius 1 is 1.50 bits per heavy atom. The Bertz CT molecular complexity index is 260. The Hall–Kier alpha value is -0.590. The van der Waals surface area contributed by atoms with E-state index in [4.69, 9.17) is 5.11 Å². The zero-order chi connectivity index (χ0) is 10.6. The van der Waals surface area contributed by atoms with Gasteiger partial charge in [0, 0.05) is 13.1 Å². The largest absolute Gasteiger partial charge is 0.415 e. The molecule has 80 valence electrons. The minimum Gasteiger partial charge on any atom is -0.382 e. The quantitative estimate of drug-likeness (QED) is 0.818. The molecule has 0 aliphatic carbocycles. The molecule has 0 aromatic carbocycles. The van der Waals surface area contributed by atoms with E-state index in [1.807, 2.05) is 16.8 Å². The number of rotatable bonds is 4. The molecule has 0 radical (unpaired) electrons. The van der Waals surface area contributed by atoms with Crippen molar-refractivity contribution in [1.82, 2.24) is 5.32 Å². The molecule has 1 aromatic rings. The summed E-state index contributed by atoms with van der Waals surface area (Å²) in [5.74, 6) is 0. The van der Waals surface area contributed by atoms with Crippen molar-refractivity contribution in [3.8, 4) is 0 Å². The Balaban J connectivity index is 2.22. The number of halogens is 3. The van der Waals surface area contributed by atoms with Crippen LogP contribution in [0.3, 0.4) is 0 Å². The zero-order valence-corrected chi connectivity index (χ0v) is 8.03. The van der Waals surface area contributed by atoms with E-state index in [0.29, 0.717) is 6.54 Å². The normalized spacial score (nSPS) is 14.3. The number of hydrogen-bond acceptors (Lipinski definition) is 3. The maximum atomic E-state index is 11.8. The van der Waals surface area contributed by atoms with E-state index in [1.165, 1.54) is 11.3 Å². The Kier molecular flexibility index (Phi) is 3.91. The fraction of sp³-hybridized carbons (Fsp3) is 0.500. The number of alkyl halides is 3. The third kappa shape index (κ3) is 3.65. The van der Waals surface area contributed by atoms with Crippen LogP contribution >= 0.6 is 11.3 Å². The first-order valence-corrected chi connectivity index (χ1v) is 4.91. The molecule has 2 N–H and O–H groups in total. The van der Waals surface area contributed by atoms with Crippen molar-refractivity contribution in [3.63, 3.8) is 0 Å². The summed E-state index contributed by atoms with van der Waals surface area (Å²) < 4.78 is 35.5. The van der Waals surface area contributed by atoms with Crippen molar-refractivity contribution >= 4 is 11.3 Å². The lowest BCUT2D eigenvalue weighted by atomic mass is 10.3. The van der Waals surface area contributed by atoms with E-state index >= 15 is 0 Å². The van der Waals surface area contributed by atoms with Crippen LogP contribution in [-0.4, -0.2) is 23.9 Å². The molecule has 1 atom stereocenters. The molecule has 0 fully saturated rings. The predicted octanol–water partition coefficient (Wildman–Crippen LogP) is 1.76. The standard InChI is InChI=1S/C8H10F3NOS/c9-8(10,11)7(13)4-12-3-6-1-2-14-5-6/h1-2,5,7,12-13H,3-4H2. The first-order valence-electron chi connectivity index (χ1n) is 3.96. The van der Waals surface area contributed by atoms with Gasteiger partial charge in [-0.1, -0.05) is 0 Å². The summed E-state index contributed by atoms with van der Waals surface area (Å²) in [5, 5.41) is 14.8. The van der Waals surface area contributed by atoms with Gasteiger partial charge in [0.15, 0.2) is 6.10 Å². The average molecular weight is 225 g/mol. The van der Waals surface area contributed by atoms with Gasteiger partial charge in [0.1, 0.15) is 0 Å². The van der Waals surface area contributed by atoms with E-state index in [2.05, 4.69) is 5.32 Å². The molecule has 0 bridgehead atoms. The molecule has 0 aliphatic rings. The van der Waals surface area contributed by atoms with Crippen molar-refractivity contribution < 1.29 is 18.3 Å². The molecule has 1 unspecified atom stereocenters. The highest BCUT2D eigenvalue weighted by molar-refractivity contribution is 7.07. The topological polar surface area (TPSA) is 32.3 Å². The molecule has 0 aliphatic heterocycles. The molecule has 1 aromatic heterocycles. The molecule has 14 heavy (non-hydrogen) atoms. The second kappa shape index (κ2) is 4.77. The molecule has 1 rings (SSSR count). The SMILES string of the molecule is OC(CNCc1ccsc1)C(F)(F)F. The van der Waals surface area contributed by atoms with Gasteiger partial charge in [0.05, 0.1) is 0 Å². The number of nitrogens with one attached hydrogen (secondary N) is 1. The monoisotopic (exact) mass is 225 g/mol. The van der Waals surface area contributed by atoms with E-state index in [-0.39, 0.29) is 0 Å². The maximum Gasteiger partial charge on any atom is 0.415 e. The number of aliphatic hydroxyl groups excluding tert-OH is 1. The number of aliphatic hydroxyl groups is 1. The summed E-state index contributed by atoms with van der Waals surface area (Å²) >= 11 is 1.48. The van der Waals surface area contributed by atoms with Gasteiger partial charge in [-0.05, 0) is 22.4 Å². The van der Waals surface area contributed by atoms with Crippen LogP contribution in [0.4, 0.5) is 13.2 Å². The average Bonchev–Trinajstić information content (AvgIpc) is 2.55. The second-order valence-electron chi connectivity index (χ2n) is 2.82. The van der Waals surface area contributed by atoms with Crippen molar-refractivity contribution in [3.05, 3.63) is 22.4 Å². The molecule has 2 nitrogen and oxygen atoms in total. The number of hydrogen-bond donors (Lipinski definition) is 2. The van der Waals surface area contributed by atoms with E-state index < -0.39 is 18.8 Å². The fourth-order valence-electron chi connectivity index (χ4n) is 0.862. The first-order chi connectivity index (χ1) is 6.50. The van der Waals surface area contributed by atoms with Crippen molar-refractivity contribution in [2.45, 2.75) is 18.8 Å². The highest BCUT2D eigenvalue weighted by atomic mass is 32.1. The lowest BCUT2D eigenvalue weighted by Crippen LogP contribution is -2.38. The highest BCUT2D eigenvalue weighted by Crippen LogP contribution is 2.19. The van der Waals surface area contributed by atoms with Gasteiger partial charge in [-0.25, -0.2) is 0 Å². The third-order valence-corrected chi connectivity index (χ3v) is 2.36. The summed E-state index contributed by atoms with van der Waals surface area (Å²) in [7, 11) is 0. The van der Waals surface area contributed by atoms with Crippen LogP contribution in [0.5, 0.6) is 0 Å². The molecule has 0 saturated heterocycles. The molecule has 0 spiro atoms. The highest BCUT2D eigenvalue weighted by Gasteiger charge is 2.37. The molecular formula is C8H10F3NOS. The van der Waals surface area contributed by atoms with Gasteiger partial charge in [0.2, 0.25) is 0 Å². The molecule has 0 amide bonds. The van der Waals surface area contributed by atoms with Gasteiger partial charge in [-0.3, -0.25) is 0 Å². The summed E-state index contributed by atoms with van der Waals surface area (Å²) in [6.07, 6.45) is -6.83. The first kappa shape index (κ1) is 11.5. The van der Waals surface area contributed by atoms with Gasteiger partial charge in [-0.15, -0.1) is 0 Å². The van der Waals surface area contributed by atoms with Crippen molar-refractivity contribution in [1.29, 1.82) is 0 Å². The summed E-state index contributed by atoms with van der Waals surface area (Å²) in [4.78, 5) is 0. The maximum absolute atomic E-state index is 11.8. The second-order valence-corrected chi connectivity index (χ2v) is 3.60. The van der Waals surface area contributed by atoms with Crippen LogP contribution in [-0.2, 0) is 6.54 Å². The smallest absolute Gasteiger partial charge is 0.382 e. The summed E-state index contributed by atoms with van der Waals surface area (Å²) in [6.45, 7) is -0.129. The lowest BCUT2D eigenvalue weighted by molar-refractivity contribution is -0.201. The summed E-state index contributed by atoms with van der Waals surface area (Å²) in [5.41, 5.74) is 0.921. The van der Waals surface area contributed by atoms with Gasteiger partial charge in [-0.2, -0.15) is 24.5 Å². The van der Waals surface area contributed by atoms with E-state index in [9.17, 15) is 13.2 Å². The fourth-order valence-corrected chi connectivity index (χ4v) is 1.53. The van der Waals surface area contributed by atoms with Crippen molar-refractivity contribution in [2.75, 3.05) is 6.54 Å². The molecule has 1 heterocycles. The Morgan fingerprint density at radius 3 is 2.71 bits per heavy atom. The number of thiophene rings is 1. The molecule has 6 heteroatoms. The van der Waals surface area contributed by atoms with Gasteiger partial charge < -0.3 is 10.4 Å². The Labute approximate surface area is 83.4 Å². The van der Waals surface area contributed by atoms with Crippen LogP contribution in [0, 0.1) is 0 Å². The summed E-state index contributed by atoms with van der Waals surface area (Å²) in [6, 6.07) is 1.82. The van der Waals surface area contributed by atoms with E-state index in [1.54, 1.807) is 0 Å². The van der Waals surface area contributed by atoms with Crippen LogP contribution in [0.1, 0.15) is 5.56 Å². The van der Waals surface area contributed by atoms with Crippen LogP contribution in [0.25, 0.3) is 0 Å². The van der Waals surface area contributed by atoms with Crippen LogP contribution in [0.15, 0.2) is 16.8 Å². The van der Waals surface area contributed by atoms with Crippen LogP contribution in [0.2, 0.25) is 0 Å². The van der Waals surface area contributed by atoms with E-state index in [0.717, 1.165) is 5.56 Å². The van der Waals surface area contributed by atoms with Crippen LogP contribution < -0.4 is 5.32 Å².